The fraction of sp³-hybridized carbons (Fsp3) is 0.190. The van der Waals surface area contributed by atoms with Gasteiger partial charge in [0.2, 0.25) is 5.91 Å². The Labute approximate surface area is 145 Å². The van der Waals surface area contributed by atoms with Gasteiger partial charge in [-0.3, -0.25) is 4.79 Å². The number of nitrogens with two attached hydrogens (primary N) is 1. The lowest BCUT2D eigenvalue weighted by Gasteiger charge is -2.07. The summed E-state index contributed by atoms with van der Waals surface area (Å²) in [5.41, 5.74) is 10.7. The first-order chi connectivity index (χ1) is 12.2. The topological polar surface area (TPSA) is 61.2 Å². The quantitative estimate of drug-likeness (QED) is 0.585. The Bertz CT molecular complexity index is 1060. The molecule has 2 N–H and O–H groups in total. The average Bonchev–Trinajstić information content (AvgIpc) is 3.22. The third kappa shape index (κ3) is 2.60. The summed E-state index contributed by atoms with van der Waals surface area (Å²) in [4.78, 5) is 12.0. The zero-order chi connectivity index (χ0) is 17.4. The van der Waals surface area contributed by atoms with Crippen molar-refractivity contribution in [2.24, 2.45) is 5.73 Å². The van der Waals surface area contributed by atoms with Crippen LogP contribution >= 0.6 is 0 Å². The second-order valence-corrected chi connectivity index (χ2v) is 6.38. The zero-order valence-corrected chi connectivity index (χ0v) is 14.2. The summed E-state index contributed by atoms with van der Waals surface area (Å²) in [6.07, 6.45) is 5.57. The van der Waals surface area contributed by atoms with Crippen molar-refractivity contribution < 1.29 is 9.21 Å². The van der Waals surface area contributed by atoms with Gasteiger partial charge in [0.25, 0.3) is 0 Å². The highest BCUT2D eigenvalue weighted by Gasteiger charge is 2.17. The SMILES string of the molecule is CCCc1ccc2c3c(C(N)=O)cccc3n(Cc3ccoc3)c2c1. The van der Waals surface area contributed by atoms with Crippen molar-refractivity contribution in [2.75, 3.05) is 0 Å². The highest BCUT2D eigenvalue weighted by Crippen LogP contribution is 2.33. The van der Waals surface area contributed by atoms with Crippen molar-refractivity contribution in [2.45, 2.75) is 26.3 Å². The molecule has 0 saturated heterocycles. The molecule has 0 aliphatic rings. The van der Waals surface area contributed by atoms with Crippen LogP contribution in [0.2, 0.25) is 0 Å². The van der Waals surface area contributed by atoms with Gasteiger partial charge in [-0.25, -0.2) is 0 Å². The van der Waals surface area contributed by atoms with Crippen LogP contribution in [0.1, 0.15) is 34.8 Å². The number of aryl methyl sites for hydroxylation is 1. The molecule has 2 aromatic carbocycles. The number of nitrogens with zero attached hydrogens (tertiary/aromatic N) is 1. The molecule has 0 atom stereocenters. The third-order valence-electron chi connectivity index (χ3n) is 4.68. The van der Waals surface area contributed by atoms with Crippen molar-refractivity contribution in [3.8, 4) is 0 Å². The average molecular weight is 332 g/mol. The Morgan fingerprint density at radius 3 is 2.72 bits per heavy atom. The number of amides is 1. The van der Waals surface area contributed by atoms with Crippen LogP contribution in [0.15, 0.2) is 59.4 Å². The van der Waals surface area contributed by atoms with Crippen molar-refractivity contribution in [3.05, 3.63) is 71.7 Å². The summed E-state index contributed by atoms with van der Waals surface area (Å²) < 4.78 is 7.46. The number of carbonyl (C=O) groups excluding carboxylic acids is 1. The summed E-state index contributed by atoms with van der Waals surface area (Å²) in [6.45, 7) is 2.87. The van der Waals surface area contributed by atoms with E-state index in [-0.39, 0.29) is 0 Å². The van der Waals surface area contributed by atoms with Crippen LogP contribution in [0.3, 0.4) is 0 Å². The highest BCUT2D eigenvalue weighted by atomic mass is 16.3. The number of aromatic nitrogens is 1. The van der Waals surface area contributed by atoms with Crippen LogP contribution in [0, 0.1) is 0 Å². The van der Waals surface area contributed by atoms with E-state index >= 15 is 0 Å². The second kappa shape index (κ2) is 6.13. The van der Waals surface area contributed by atoms with Gasteiger partial charge in [0.05, 0.1) is 24.6 Å². The Hall–Kier alpha value is -3.01. The van der Waals surface area contributed by atoms with E-state index in [0.717, 1.165) is 40.2 Å². The maximum atomic E-state index is 12.0. The summed E-state index contributed by atoms with van der Waals surface area (Å²) in [5.74, 6) is -0.398. The molecule has 0 radical (unpaired) electrons. The molecule has 2 heterocycles. The van der Waals surface area contributed by atoms with E-state index in [4.69, 9.17) is 10.2 Å². The Balaban J connectivity index is 2.05. The van der Waals surface area contributed by atoms with E-state index in [1.165, 1.54) is 5.56 Å². The molecule has 0 aliphatic heterocycles. The van der Waals surface area contributed by atoms with Crippen LogP contribution < -0.4 is 5.73 Å². The first kappa shape index (κ1) is 15.5. The van der Waals surface area contributed by atoms with E-state index in [1.807, 2.05) is 18.2 Å². The monoisotopic (exact) mass is 332 g/mol. The van der Waals surface area contributed by atoms with E-state index in [2.05, 4.69) is 29.7 Å². The van der Waals surface area contributed by atoms with Crippen LogP contribution in [0.4, 0.5) is 0 Å². The fourth-order valence-electron chi connectivity index (χ4n) is 3.57. The van der Waals surface area contributed by atoms with Gasteiger partial charge in [0.15, 0.2) is 0 Å². The largest absolute Gasteiger partial charge is 0.472 e. The molecule has 4 nitrogen and oxygen atoms in total. The molecule has 0 unspecified atom stereocenters. The molecular weight excluding hydrogens is 312 g/mol. The van der Waals surface area contributed by atoms with Gasteiger partial charge in [0, 0.05) is 27.4 Å². The smallest absolute Gasteiger partial charge is 0.249 e. The van der Waals surface area contributed by atoms with Crippen LogP contribution in [0.5, 0.6) is 0 Å². The summed E-state index contributed by atoms with van der Waals surface area (Å²) in [7, 11) is 0. The van der Waals surface area contributed by atoms with Crippen molar-refractivity contribution >= 4 is 27.7 Å². The Morgan fingerprint density at radius 1 is 1.12 bits per heavy atom. The number of hydrogen-bond donors (Lipinski definition) is 1. The fourth-order valence-corrected chi connectivity index (χ4v) is 3.57. The second-order valence-electron chi connectivity index (χ2n) is 6.38. The van der Waals surface area contributed by atoms with Gasteiger partial charge in [-0.05, 0) is 36.2 Å². The summed E-state index contributed by atoms with van der Waals surface area (Å²) in [6, 6.07) is 14.2. The van der Waals surface area contributed by atoms with Gasteiger partial charge in [-0.15, -0.1) is 0 Å². The Morgan fingerprint density at radius 2 is 2.00 bits per heavy atom. The number of rotatable bonds is 5. The highest BCUT2D eigenvalue weighted by molar-refractivity contribution is 6.17. The minimum absolute atomic E-state index is 0.398. The minimum Gasteiger partial charge on any atom is -0.472 e. The van der Waals surface area contributed by atoms with Gasteiger partial charge in [0.1, 0.15) is 0 Å². The molecule has 0 aliphatic carbocycles. The minimum atomic E-state index is -0.398. The van der Waals surface area contributed by atoms with E-state index < -0.39 is 5.91 Å². The van der Waals surface area contributed by atoms with E-state index in [9.17, 15) is 4.79 Å². The number of benzene rings is 2. The molecule has 0 spiro atoms. The zero-order valence-electron chi connectivity index (χ0n) is 14.2. The molecule has 4 rings (SSSR count). The number of hydrogen-bond acceptors (Lipinski definition) is 2. The third-order valence-corrected chi connectivity index (χ3v) is 4.68. The summed E-state index contributed by atoms with van der Waals surface area (Å²) in [5, 5.41) is 1.99. The molecule has 0 saturated carbocycles. The van der Waals surface area contributed by atoms with Crippen molar-refractivity contribution in [3.63, 3.8) is 0 Å². The molecule has 25 heavy (non-hydrogen) atoms. The first-order valence-electron chi connectivity index (χ1n) is 8.53. The molecule has 0 bridgehead atoms. The lowest BCUT2D eigenvalue weighted by Crippen LogP contribution is -2.11. The maximum absolute atomic E-state index is 12.0. The number of furan rings is 1. The van der Waals surface area contributed by atoms with Gasteiger partial charge in [-0.2, -0.15) is 0 Å². The van der Waals surface area contributed by atoms with Crippen LogP contribution in [-0.2, 0) is 13.0 Å². The van der Waals surface area contributed by atoms with Crippen molar-refractivity contribution in [1.29, 1.82) is 0 Å². The van der Waals surface area contributed by atoms with Gasteiger partial charge >= 0.3 is 0 Å². The van der Waals surface area contributed by atoms with Crippen molar-refractivity contribution in [1.82, 2.24) is 4.57 Å². The van der Waals surface area contributed by atoms with Gasteiger partial charge in [-0.1, -0.05) is 31.5 Å². The molecule has 4 aromatic rings. The summed E-state index contributed by atoms with van der Waals surface area (Å²) >= 11 is 0. The lowest BCUT2D eigenvalue weighted by molar-refractivity contribution is 0.100. The molecule has 1 amide bonds. The van der Waals surface area contributed by atoms with E-state index in [0.29, 0.717) is 12.1 Å². The molecular formula is C21H20N2O2. The molecule has 2 aromatic heterocycles. The van der Waals surface area contributed by atoms with Crippen LogP contribution in [0.25, 0.3) is 21.8 Å². The predicted octanol–water partition coefficient (Wildman–Crippen LogP) is 4.49. The van der Waals surface area contributed by atoms with Crippen LogP contribution in [-0.4, -0.2) is 10.5 Å². The predicted molar refractivity (Wildman–Crippen MR) is 99.8 cm³/mol. The van der Waals surface area contributed by atoms with E-state index in [1.54, 1.807) is 18.6 Å². The lowest BCUT2D eigenvalue weighted by atomic mass is 10.0. The number of primary amides is 1. The number of fused-ring (bicyclic) bond motifs is 3. The maximum Gasteiger partial charge on any atom is 0.249 e. The molecule has 4 heteroatoms. The molecule has 126 valence electrons. The standard InChI is InChI=1S/C21H20N2O2/c1-2-4-14-7-8-16-19(11-14)23(12-15-9-10-25-13-15)18-6-3-5-17(20(16)18)21(22)24/h3,5-11,13H,2,4,12H2,1H3,(H2,22,24). The number of carbonyl (C=O) groups is 1. The first-order valence-corrected chi connectivity index (χ1v) is 8.53. The Kier molecular flexibility index (Phi) is 3.80. The molecule has 0 fully saturated rings. The normalized spacial score (nSPS) is 11.4. The van der Waals surface area contributed by atoms with Gasteiger partial charge < -0.3 is 14.7 Å².